The molecule has 0 spiro atoms. The zero-order chi connectivity index (χ0) is 17.8. The highest BCUT2D eigenvalue weighted by atomic mass is 16.2. The molecule has 1 N–H and O–H groups in total. The van der Waals surface area contributed by atoms with Crippen LogP contribution in [-0.2, 0) is 0 Å². The summed E-state index contributed by atoms with van der Waals surface area (Å²) in [6.07, 6.45) is 6.00. The van der Waals surface area contributed by atoms with Gasteiger partial charge in [-0.1, -0.05) is 19.1 Å². The van der Waals surface area contributed by atoms with Gasteiger partial charge >= 0.3 is 0 Å². The molecule has 1 amide bonds. The zero-order valence-electron chi connectivity index (χ0n) is 15.2. The molecule has 3 rings (SSSR count). The standard InChI is InChI=1S/C20H26N4O/c1-4-16-9-5-6-13-24(16)19(25)18-11-12-21-20(23-18)22-17-10-7-8-14(2)15(17)3/h7-8,10-12,16H,4-6,9,13H2,1-3H3,(H,21,22,23). The van der Waals surface area contributed by atoms with Crippen molar-refractivity contribution in [2.75, 3.05) is 11.9 Å². The molecule has 1 aromatic carbocycles. The fourth-order valence-electron chi connectivity index (χ4n) is 3.38. The Hall–Kier alpha value is -2.43. The largest absolute Gasteiger partial charge is 0.334 e. The minimum atomic E-state index is 0.0120. The predicted octanol–water partition coefficient (Wildman–Crippen LogP) is 4.24. The average molecular weight is 338 g/mol. The van der Waals surface area contributed by atoms with Crippen LogP contribution in [0.4, 0.5) is 11.6 Å². The second-order valence-electron chi connectivity index (χ2n) is 6.69. The van der Waals surface area contributed by atoms with Gasteiger partial charge in [0.25, 0.3) is 5.91 Å². The molecule has 1 unspecified atom stereocenters. The van der Waals surface area contributed by atoms with Crippen LogP contribution in [0.1, 0.15) is 54.2 Å². The van der Waals surface area contributed by atoms with Gasteiger partial charge in [-0.05, 0) is 62.8 Å². The van der Waals surface area contributed by atoms with E-state index >= 15 is 0 Å². The molecule has 1 aliphatic rings. The Bertz CT molecular complexity index is 759. The number of anilines is 2. The molecule has 5 heteroatoms. The molecule has 132 valence electrons. The van der Waals surface area contributed by atoms with Crippen LogP contribution in [0.15, 0.2) is 30.5 Å². The predicted molar refractivity (Wildman–Crippen MR) is 100 cm³/mol. The van der Waals surface area contributed by atoms with Crippen molar-refractivity contribution in [2.24, 2.45) is 0 Å². The summed E-state index contributed by atoms with van der Waals surface area (Å²) in [7, 11) is 0. The van der Waals surface area contributed by atoms with Crippen LogP contribution in [-0.4, -0.2) is 33.4 Å². The number of aryl methyl sites for hydroxylation is 1. The highest BCUT2D eigenvalue weighted by molar-refractivity contribution is 5.92. The van der Waals surface area contributed by atoms with Crippen molar-refractivity contribution in [1.82, 2.24) is 14.9 Å². The maximum Gasteiger partial charge on any atom is 0.272 e. The summed E-state index contributed by atoms with van der Waals surface area (Å²) >= 11 is 0. The third-order valence-electron chi connectivity index (χ3n) is 5.09. The maximum absolute atomic E-state index is 12.9. The second-order valence-corrected chi connectivity index (χ2v) is 6.69. The summed E-state index contributed by atoms with van der Waals surface area (Å²) in [4.78, 5) is 23.6. The number of aromatic nitrogens is 2. The lowest BCUT2D eigenvalue weighted by Crippen LogP contribution is -2.43. The summed E-state index contributed by atoms with van der Waals surface area (Å²) in [5.41, 5.74) is 3.79. The first-order valence-corrected chi connectivity index (χ1v) is 9.07. The molecule has 0 saturated carbocycles. The average Bonchev–Trinajstić information content (AvgIpc) is 2.65. The van der Waals surface area contributed by atoms with Crippen molar-refractivity contribution >= 4 is 17.5 Å². The molecule has 2 aromatic rings. The number of carbonyl (C=O) groups excluding carboxylic acids is 1. The Balaban J connectivity index is 1.81. The second kappa shape index (κ2) is 7.64. The van der Waals surface area contributed by atoms with Crippen molar-refractivity contribution < 1.29 is 4.79 Å². The molecule has 1 saturated heterocycles. The van der Waals surface area contributed by atoms with Gasteiger partial charge in [-0.15, -0.1) is 0 Å². The molecular weight excluding hydrogens is 312 g/mol. The quantitative estimate of drug-likeness (QED) is 0.906. The van der Waals surface area contributed by atoms with Gasteiger partial charge in [0.1, 0.15) is 5.69 Å². The molecule has 0 aliphatic carbocycles. The fraction of sp³-hybridized carbons (Fsp3) is 0.450. The van der Waals surface area contributed by atoms with E-state index in [1.54, 1.807) is 12.3 Å². The molecular formula is C20H26N4O. The van der Waals surface area contributed by atoms with Crippen LogP contribution < -0.4 is 5.32 Å². The van der Waals surface area contributed by atoms with E-state index < -0.39 is 0 Å². The van der Waals surface area contributed by atoms with Gasteiger partial charge in [0.15, 0.2) is 0 Å². The number of nitrogens with zero attached hydrogens (tertiary/aromatic N) is 3. The highest BCUT2D eigenvalue weighted by Gasteiger charge is 2.27. The first-order chi connectivity index (χ1) is 12.1. The normalized spacial score (nSPS) is 17.4. The smallest absolute Gasteiger partial charge is 0.272 e. The van der Waals surface area contributed by atoms with Gasteiger partial charge < -0.3 is 10.2 Å². The molecule has 25 heavy (non-hydrogen) atoms. The third kappa shape index (κ3) is 3.81. The number of hydrogen-bond acceptors (Lipinski definition) is 4. The molecule has 2 heterocycles. The Morgan fingerprint density at radius 3 is 2.92 bits per heavy atom. The zero-order valence-corrected chi connectivity index (χ0v) is 15.2. The van der Waals surface area contributed by atoms with E-state index in [2.05, 4.69) is 42.1 Å². The number of likely N-dealkylation sites (tertiary alicyclic amines) is 1. The van der Waals surface area contributed by atoms with E-state index in [1.165, 1.54) is 12.0 Å². The Kier molecular flexibility index (Phi) is 5.31. The molecule has 1 fully saturated rings. The van der Waals surface area contributed by atoms with Crippen molar-refractivity contribution in [1.29, 1.82) is 0 Å². The number of carbonyl (C=O) groups is 1. The van der Waals surface area contributed by atoms with Crippen LogP contribution >= 0.6 is 0 Å². The van der Waals surface area contributed by atoms with Crippen molar-refractivity contribution in [3.05, 3.63) is 47.3 Å². The van der Waals surface area contributed by atoms with Gasteiger partial charge in [-0.25, -0.2) is 9.97 Å². The van der Waals surface area contributed by atoms with Crippen molar-refractivity contribution in [2.45, 2.75) is 52.5 Å². The number of hydrogen-bond donors (Lipinski definition) is 1. The molecule has 1 aliphatic heterocycles. The molecule has 0 bridgehead atoms. The van der Waals surface area contributed by atoms with E-state index in [0.29, 0.717) is 17.7 Å². The maximum atomic E-state index is 12.9. The Morgan fingerprint density at radius 2 is 2.12 bits per heavy atom. The monoisotopic (exact) mass is 338 g/mol. The topological polar surface area (TPSA) is 58.1 Å². The lowest BCUT2D eigenvalue weighted by atomic mass is 9.99. The number of piperidine rings is 1. The van der Waals surface area contributed by atoms with E-state index in [-0.39, 0.29) is 5.91 Å². The SMILES string of the molecule is CCC1CCCCN1C(=O)c1ccnc(Nc2cccc(C)c2C)n1. The number of benzene rings is 1. The van der Waals surface area contributed by atoms with Gasteiger partial charge in [0.05, 0.1) is 0 Å². The van der Waals surface area contributed by atoms with Crippen LogP contribution in [0.2, 0.25) is 0 Å². The Morgan fingerprint density at radius 1 is 1.28 bits per heavy atom. The van der Waals surface area contributed by atoms with E-state index in [1.807, 2.05) is 17.0 Å². The van der Waals surface area contributed by atoms with Gasteiger partial charge in [0, 0.05) is 24.5 Å². The molecule has 1 atom stereocenters. The number of rotatable bonds is 4. The van der Waals surface area contributed by atoms with Crippen molar-refractivity contribution in [3.63, 3.8) is 0 Å². The fourth-order valence-corrected chi connectivity index (χ4v) is 3.38. The van der Waals surface area contributed by atoms with E-state index in [0.717, 1.165) is 37.1 Å². The minimum Gasteiger partial charge on any atom is -0.334 e. The first-order valence-electron chi connectivity index (χ1n) is 9.07. The lowest BCUT2D eigenvalue weighted by molar-refractivity contribution is 0.0602. The number of amides is 1. The summed E-state index contributed by atoms with van der Waals surface area (Å²) in [6.45, 7) is 7.10. The van der Waals surface area contributed by atoms with Crippen LogP contribution in [0.3, 0.4) is 0 Å². The highest BCUT2D eigenvalue weighted by Crippen LogP contribution is 2.23. The first kappa shape index (κ1) is 17.4. The lowest BCUT2D eigenvalue weighted by Gasteiger charge is -2.35. The summed E-state index contributed by atoms with van der Waals surface area (Å²) in [6, 6.07) is 8.10. The van der Waals surface area contributed by atoms with Crippen LogP contribution in [0.25, 0.3) is 0 Å². The minimum absolute atomic E-state index is 0.0120. The Labute approximate surface area is 149 Å². The van der Waals surface area contributed by atoms with Gasteiger partial charge in [-0.2, -0.15) is 0 Å². The van der Waals surface area contributed by atoms with E-state index in [4.69, 9.17) is 0 Å². The van der Waals surface area contributed by atoms with E-state index in [9.17, 15) is 4.79 Å². The summed E-state index contributed by atoms with van der Waals surface area (Å²) in [5, 5.41) is 3.24. The molecule has 1 aromatic heterocycles. The van der Waals surface area contributed by atoms with Gasteiger partial charge in [-0.3, -0.25) is 4.79 Å². The van der Waals surface area contributed by atoms with Crippen LogP contribution in [0.5, 0.6) is 0 Å². The number of nitrogens with one attached hydrogen (secondary N) is 1. The van der Waals surface area contributed by atoms with Crippen LogP contribution in [0, 0.1) is 13.8 Å². The molecule has 5 nitrogen and oxygen atoms in total. The molecule has 0 radical (unpaired) electrons. The van der Waals surface area contributed by atoms with Crippen molar-refractivity contribution in [3.8, 4) is 0 Å². The summed E-state index contributed by atoms with van der Waals surface area (Å²) in [5.74, 6) is 0.475. The third-order valence-corrected chi connectivity index (χ3v) is 5.09. The van der Waals surface area contributed by atoms with Gasteiger partial charge in [0.2, 0.25) is 5.95 Å². The summed E-state index contributed by atoms with van der Waals surface area (Å²) < 4.78 is 0.